The monoisotopic (exact) mass is 222 g/mol. The van der Waals surface area contributed by atoms with Gasteiger partial charge in [-0.1, -0.05) is 0 Å². The fourth-order valence-electron chi connectivity index (χ4n) is 1.13. The smallest absolute Gasteiger partial charge is 0.236 e. The number of ether oxygens (including phenoxy) is 2. The van der Waals surface area contributed by atoms with Crippen LogP contribution in [0.3, 0.4) is 0 Å². The zero-order valence-electron chi connectivity index (χ0n) is 9.48. The van der Waals surface area contributed by atoms with Crippen LogP contribution in [0, 0.1) is 0 Å². The lowest BCUT2D eigenvalue weighted by atomic mass is 10.2. The number of benzene rings is 1. The molecule has 1 N–H and O–H groups in total. The highest BCUT2D eigenvalue weighted by molar-refractivity contribution is 5.85. The van der Waals surface area contributed by atoms with Gasteiger partial charge >= 0.3 is 0 Å². The number of hydrogen-bond donors (Lipinski definition) is 1. The molecular weight excluding hydrogens is 208 g/mol. The molecule has 1 aromatic rings. The van der Waals surface area contributed by atoms with Crippen molar-refractivity contribution in [2.45, 2.75) is 6.92 Å². The summed E-state index contributed by atoms with van der Waals surface area (Å²) in [5.74, 6) is 1.14. The first-order valence-corrected chi connectivity index (χ1v) is 4.69. The predicted octanol–water partition coefficient (Wildman–Crippen LogP) is 1.17. The summed E-state index contributed by atoms with van der Waals surface area (Å²) in [4.78, 5) is 10.6. The van der Waals surface area contributed by atoms with Gasteiger partial charge in [-0.05, 0) is 18.2 Å². The van der Waals surface area contributed by atoms with Crippen LogP contribution in [0.5, 0.6) is 11.5 Å². The van der Waals surface area contributed by atoms with Gasteiger partial charge in [0.1, 0.15) is 11.5 Å². The maximum atomic E-state index is 10.6. The second-order valence-corrected chi connectivity index (χ2v) is 3.03. The fraction of sp³-hybridized carbons (Fsp3) is 0.273. The molecule has 0 radical (unpaired) electrons. The van der Waals surface area contributed by atoms with Gasteiger partial charge < -0.3 is 9.47 Å². The molecule has 5 nitrogen and oxygen atoms in total. The van der Waals surface area contributed by atoms with E-state index >= 15 is 0 Å². The summed E-state index contributed by atoms with van der Waals surface area (Å²) in [5, 5.41) is 3.77. The molecule has 16 heavy (non-hydrogen) atoms. The molecule has 0 saturated carbocycles. The van der Waals surface area contributed by atoms with Crippen molar-refractivity contribution in [1.82, 2.24) is 5.43 Å². The summed E-state index contributed by atoms with van der Waals surface area (Å²) in [5.41, 5.74) is 3.05. The number of nitrogens with zero attached hydrogens (tertiary/aromatic N) is 1. The number of amides is 1. The van der Waals surface area contributed by atoms with Crippen molar-refractivity contribution in [3.05, 3.63) is 23.8 Å². The van der Waals surface area contributed by atoms with Crippen LogP contribution in [0.15, 0.2) is 23.3 Å². The summed E-state index contributed by atoms with van der Waals surface area (Å²) >= 11 is 0. The number of carbonyl (C=O) groups is 1. The van der Waals surface area contributed by atoms with Gasteiger partial charge in [-0.15, -0.1) is 0 Å². The van der Waals surface area contributed by atoms with Crippen molar-refractivity contribution in [2.75, 3.05) is 14.2 Å². The Bertz CT molecular complexity index is 402. The van der Waals surface area contributed by atoms with Crippen LogP contribution in [0.2, 0.25) is 0 Å². The molecule has 0 heterocycles. The maximum absolute atomic E-state index is 10.6. The molecule has 1 rings (SSSR count). The van der Waals surface area contributed by atoms with Gasteiger partial charge in [0, 0.05) is 12.5 Å². The molecule has 1 amide bonds. The predicted molar refractivity (Wildman–Crippen MR) is 61.0 cm³/mol. The van der Waals surface area contributed by atoms with Crippen molar-refractivity contribution in [1.29, 1.82) is 0 Å². The van der Waals surface area contributed by atoms with Crippen LogP contribution in [0.4, 0.5) is 0 Å². The summed E-state index contributed by atoms with van der Waals surface area (Å²) in [7, 11) is 3.15. The van der Waals surface area contributed by atoms with Crippen molar-refractivity contribution >= 4 is 12.1 Å². The second-order valence-electron chi connectivity index (χ2n) is 3.03. The first-order valence-electron chi connectivity index (χ1n) is 4.69. The molecule has 0 aromatic heterocycles. The van der Waals surface area contributed by atoms with Crippen molar-refractivity contribution in [3.8, 4) is 11.5 Å². The molecule has 86 valence electrons. The van der Waals surface area contributed by atoms with Crippen LogP contribution >= 0.6 is 0 Å². The molecule has 0 aliphatic heterocycles. The highest BCUT2D eigenvalue weighted by Gasteiger charge is 2.02. The minimum atomic E-state index is -0.224. The largest absolute Gasteiger partial charge is 0.497 e. The summed E-state index contributed by atoms with van der Waals surface area (Å²) < 4.78 is 10.2. The molecular formula is C11H14N2O3. The Morgan fingerprint density at radius 3 is 2.69 bits per heavy atom. The van der Waals surface area contributed by atoms with E-state index < -0.39 is 0 Å². The van der Waals surface area contributed by atoms with Gasteiger partial charge in [0.25, 0.3) is 0 Å². The van der Waals surface area contributed by atoms with Gasteiger partial charge in [0.15, 0.2) is 0 Å². The first-order chi connectivity index (χ1) is 7.67. The normalized spacial score (nSPS) is 10.2. The van der Waals surface area contributed by atoms with E-state index in [1.807, 2.05) is 0 Å². The Balaban J connectivity index is 2.90. The highest BCUT2D eigenvalue weighted by atomic mass is 16.5. The van der Waals surface area contributed by atoms with E-state index in [4.69, 9.17) is 9.47 Å². The van der Waals surface area contributed by atoms with Crippen LogP contribution in [-0.4, -0.2) is 26.3 Å². The van der Waals surface area contributed by atoms with Gasteiger partial charge in [-0.25, -0.2) is 5.43 Å². The molecule has 0 bridgehead atoms. The number of nitrogens with one attached hydrogen (secondary N) is 1. The Morgan fingerprint density at radius 1 is 1.38 bits per heavy atom. The van der Waals surface area contributed by atoms with E-state index in [9.17, 15) is 4.79 Å². The average Bonchev–Trinajstić information content (AvgIpc) is 2.28. The number of hydrazone groups is 1. The fourth-order valence-corrected chi connectivity index (χ4v) is 1.13. The van der Waals surface area contributed by atoms with Crippen LogP contribution in [-0.2, 0) is 4.79 Å². The second kappa shape index (κ2) is 5.75. The molecule has 0 aliphatic carbocycles. The Kier molecular flexibility index (Phi) is 4.32. The topological polar surface area (TPSA) is 59.9 Å². The van der Waals surface area contributed by atoms with Crippen LogP contribution < -0.4 is 14.9 Å². The Labute approximate surface area is 94.1 Å². The van der Waals surface area contributed by atoms with E-state index in [0.29, 0.717) is 11.5 Å². The quantitative estimate of drug-likeness (QED) is 0.614. The van der Waals surface area contributed by atoms with Crippen molar-refractivity contribution in [2.24, 2.45) is 5.10 Å². The van der Waals surface area contributed by atoms with Gasteiger partial charge in [-0.2, -0.15) is 5.10 Å². The third-order valence-corrected chi connectivity index (χ3v) is 1.86. The summed E-state index contributed by atoms with van der Waals surface area (Å²) in [6, 6.07) is 5.33. The molecule has 0 fully saturated rings. The third kappa shape index (κ3) is 3.27. The lowest BCUT2D eigenvalue weighted by molar-refractivity contribution is -0.118. The van der Waals surface area contributed by atoms with E-state index in [-0.39, 0.29) is 5.91 Å². The third-order valence-electron chi connectivity index (χ3n) is 1.86. The molecule has 5 heteroatoms. The van der Waals surface area contributed by atoms with E-state index in [1.54, 1.807) is 32.4 Å². The molecule has 0 aliphatic rings. The average molecular weight is 222 g/mol. The van der Waals surface area contributed by atoms with Crippen molar-refractivity contribution in [3.63, 3.8) is 0 Å². The number of carbonyl (C=O) groups excluding carboxylic acids is 1. The van der Waals surface area contributed by atoms with Crippen LogP contribution in [0.1, 0.15) is 12.5 Å². The highest BCUT2D eigenvalue weighted by Crippen LogP contribution is 2.22. The van der Waals surface area contributed by atoms with Gasteiger partial charge in [-0.3, -0.25) is 4.79 Å². The maximum Gasteiger partial charge on any atom is 0.236 e. The number of hydrogen-bond acceptors (Lipinski definition) is 4. The minimum absolute atomic E-state index is 0.224. The molecule has 0 unspecified atom stereocenters. The zero-order valence-corrected chi connectivity index (χ0v) is 9.48. The van der Waals surface area contributed by atoms with Gasteiger partial charge in [0.05, 0.1) is 20.4 Å². The number of rotatable bonds is 4. The van der Waals surface area contributed by atoms with Crippen molar-refractivity contribution < 1.29 is 14.3 Å². The lowest BCUT2D eigenvalue weighted by Crippen LogP contribution is -2.12. The van der Waals surface area contributed by atoms with Crippen LogP contribution in [0.25, 0.3) is 0 Å². The SMILES string of the molecule is COc1ccc(OC)c(C=NNC(C)=O)c1. The minimum Gasteiger partial charge on any atom is -0.497 e. The van der Waals surface area contributed by atoms with Gasteiger partial charge in [0.2, 0.25) is 5.91 Å². The molecule has 1 aromatic carbocycles. The van der Waals surface area contributed by atoms with E-state index in [1.165, 1.54) is 13.1 Å². The Hall–Kier alpha value is -2.04. The molecule has 0 atom stereocenters. The lowest BCUT2D eigenvalue weighted by Gasteiger charge is -2.06. The van der Waals surface area contributed by atoms with E-state index in [2.05, 4.69) is 10.5 Å². The molecule has 0 spiro atoms. The van der Waals surface area contributed by atoms with E-state index in [0.717, 1.165) is 5.56 Å². The first kappa shape index (κ1) is 12.0. The number of methoxy groups -OCH3 is 2. The summed E-state index contributed by atoms with van der Waals surface area (Å²) in [6.45, 7) is 1.39. The Morgan fingerprint density at radius 2 is 2.12 bits per heavy atom. The zero-order chi connectivity index (χ0) is 12.0. The summed E-state index contributed by atoms with van der Waals surface area (Å²) in [6.07, 6.45) is 1.50. The standard InChI is InChI=1S/C11H14N2O3/c1-8(14)13-12-7-9-6-10(15-2)4-5-11(9)16-3/h4-7H,1-3H3,(H,13,14). The molecule has 0 saturated heterocycles.